The monoisotopic (exact) mass is 222 g/mol. The summed E-state index contributed by atoms with van der Waals surface area (Å²) in [6, 6.07) is 1.74. The quantitative estimate of drug-likeness (QED) is 0.501. The van der Waals surface area contributed by atoms with Crippen LogP contribution in [-0.2, 0) is 0 Å². The van der Waals surface area contributed by atoms with Crippen LogP contribution in [0.4, 0.5) is 0 Å². The van der Waals surface area contributed by atoms with E-state index in [2.05, 4.69) is 16.8 Å². The lowest BCUT2D eigenvalue weighted by Crippen LogP contribution is -2.33. The van der Waals surface area contributed by atoms with Crippen molar-refractivity contribution in [2.75, 3.05) is 19.6 Å². The summed E-state index contributed by atoms with van der Waals surface area (Å²) < 4.78 is 0. The number of hydrogen-bond donors (Lipinski definition) is 1. The van der Waals surface area contributed by atoms with E-state index in [0.717, 1.165) is 12.1 Å². The molecule has 2 aliphatic rings. The molecule has 1 N–H and O–H groups in total. The molecule has 2 rings (SSSR count). The average Bonchev–Trinajstić information content (AvgIpc) is 3.04. The highest BCUT2D eigenvalue weighted by molar-refractivity contribution is 4.91. The van der Waals surface area contributed by atoms with Gasteiger partial charge in [0, 0.05) is 25.2 Å². The number of allylic oxidation sites excluding steroid dienone is 1. The number of unbranched alkanes of at least 4 members (excludes halogenated alkanes) is 3. The van der Waals surface area contributed by atoms with Crippen LogP contribution in [0.5, 0.6) is 0 Å². The van der Waals surface area contributed by atoms with Gasteiger partial charge in [-0.1, -0.05) is 12.5 Å². The summed E-state index contributed by atoms with van der Waals surface area (Å²) in [5.41, 5.74) is 0. The summed E-state index contributed by atoms with van der Waals surface area (Å²) in [4.78, 5) is 2.68. The predicted molar refractivity (Wildman–Crippen MR) is 69.7 cm³/mol. The first-order valence-corrected chi connectivity index (χ1v) is 6.98. The van der Waals surface area contributed by atoms with E-state index in [4.69, 9.17) is 0 Å². The van der Waals surface area contributed by atoms with E-state index < -0.39 is 0 Å². The van der Waals surface area contributed by atoms with Gasteiger partial charge < -0.3 is 5.32 Å². The third kappa shape index (κ3) is 3.91. The van der Waals surface area contributed by atoms with Crippen molar-refractivity contribution in [1.29, 1.82) is 0 Å². The van der Waals surface area contributed by atoms with Gasteiger partial charge in [-0.3, -0.25) is 4.90 Å². The fraction of sp³-hybridized carbons (Fsp3) is 0.857. The van der Waals surface area contributed by atoms with Crippen LogP contribution in [0.25, 0.3) is 0 Å². The van der Waals surface area contributed by atoms with E-state index in [1.165, 1.54) is 64.6 Å². The molecule has 0 amide bonds. The van der Waals surface area contributed by atoms with Crippen LogP contribution in [0.2, 0.25) is 0 Å². The molecule has 0 aromatic heterocycles. The second kappa shape index (κ2) is 6.41. The fourth-order valence-corrected chi connectivity index (χ4v) is 2.62. The maximum atomic E-state index is 3.75. The first kappa shape index (κ1) is 12.1. The first-order chi connectivity index (χ1) is 7.90. The van der Waals surface area contributed by atoms with Crippen molar-refractivity contribution in [3.05, 3.63) is 12.7 Å². The Kier molecular flexibility index (Phi) is 4.86. The van der Waals surface area contributed by atoms with Gasteiger partial charge in [0.05, 0.1) is 0 Å². The van der Waals surface area contributed by atoms with Gasteiger partial charge in [-0.15, -0.1) is 6.58 Å². The Balaban J connectivity index is 1.46. The second-order valence-electron chi connectivity index (χ2n) is 5.30. The smallest absolute Gasteiger partial charge is 0.0207 e. The van der Waals surface area contributed by atoms with Crippen molar-refractivity contribution >= 4 is 0 Å². The van der Waals surface area contributed by atoms with Crippen LogP contribution in [0, 0.1) is 0 Å². The van der Waals surface area contributed by atoms with Crippen LogP contribution < -0.4 is 5.32 Å². The lowest BCUT2D eigenvalue weighted by Gasteiger charge is -2.15. The number of nitrogens with zero attached hydrogens (tertiary/aromatic N) is 1. The zero-order valence-electron chi connectivity index (χ0n) is 10.5. The molecule has 0 bridgehead atoms. The van der Waals surface area contributed by atoms with Crippen molar-refractivity contribution in [2.24, 2.45) is 0 Å². The molecule has 92 valence electrons. The van der Waals surface area contributed by atoms with E-state index in [1.807, 2.05) is 6.08 Å². The zero-order valence-corrected chi connectivity index (χ0v) is 10.5. The Morgan fingerprint density at radius 3 is 2.81 bits per heavy atom. The predicted octanol–water partition coefficient (Wildman–Crippen LogP) is 2.56. The molecule has 1 aliphatic heterocycles. The lowest BCUT2D eigenvalue weighted by molar-refractivity contribution is 0.317. The van der Waals surface area contributed by atoms with Crippen LogP contribution >= 0.6 is 0 Å². The van der Waals surface area contributed by atoms with Crippen molar-refractivity contribution in [2.45, 2.75) is 57.0 Å². The Hall–Kier alpha value is -0.340. The van der Waals surface area contributed by atoms with E-state index in [0.29, 0.717) is 0 Å². The van der Waals surface area contributed by atoms with Crippen LogP contribution in [0.3, 0.4) is 0 Å². The molecule has 0 spiro atoms. The number of hydrogen-bond acceptors (Lipinski definition) is 2. The molecule has 1 heterocycles. The molecule has 2 heteroatoms. The molecule has 0 aromatic carbocycles. The van der Waals surface area contributed by atoms with Gasteiger partial charge in [-0.05, 0) is 45.1 Å². The van der Waals surface area contributed by atoms with Crippen molar-refractivity contribution in [3.8, 4) is 0 Å². The Morgan fingerprint density at radius 1 is 1.19 bits per heavy atom. The maximum Gasteiger partial charge on any atom is 0.0207 e. The maximum absolute atomic E-state index is 3.75. The summed E-state index contributed by atoms with van der Waals surface area (Å²) in [6.45, 7) is 7.59. The van der Waals surface area contributed by atoms with Gasteiger partial charge in [0.1, 0.15) is 0 Å². The molecule has 16 heavy (non-hydrogen) atoms. The highest BCUT2D eigenvalue weighted by atomic mass is 15.2. The summed E-state index contributed by atoms with van der Waals surface area (Å²) in [5.74, 6) is 0. The SMILES string of the molecule is C=CCCCCCNC1CCN(C2CC2)C1. The molecular formula is C14H26N2. The zero-order chi connectivity index (χ0) is 11.2. The normalized spacial score (nSPS) is 26.1. The van der Waals surface area contributed by atoms with E-state index in [-0.39, 0.29) is 0 Å². The van der Waals surface area contributed by atoms with Gasteiger partial charge in [0.15, 0.2) is 0 Å². The molecule has 2 nitrogen and oxygen atoms in total. The molecular weight excluding hydrogens is 196 g/mol. The molecule has 1 unspecified atom stereocenters. The second-order valence-corrected chi connectivity index (χ2v) is 5.30. The fourth-order valence-electron chi connectivity index (χ4n) is 2.62. The number of rotatable bonds is 8. The Bertz CT molecular complexity index is 211. The molecule has 0 aromatic rings. The van der Waals surface area contributed by atoms with E-state index in [1.54, 1.807) is 0 Å². The molecule has 0 radical (unpaired) electrons. The van der Waals surface area contributed by atoms with Crippen LogP contribution in [0.1, 0.15) is 44.9 Å². The Labute approximate surface area is 100 Å². The minimum absolute atomic E-state index is 0.778. The highest BCUT2D eigenvalue weighted by Gasteiger charge is 2.33. The third-order valence-corrected chi connectivity index (χ3v) is 3.80. The lowest BCUT2D eigenvalue weighted by atomic mass is 10.2. The van der Waals surface area contributed by atoms with Crippen molar-refractivity contribution in [3.63, 3.8) is 0 Å². The number of nitrogens with one attached hydrogen (secondary N) is 1. The van der Waals surface area contributed by atoms with E-state index in [9.17, 15) is 0 Å². The first-order valence-electron chi connectivity index (χ1n) is 6.98. The largest absolute Gasteiger partial charge is 0.313 e. The van der Waals surface area contributed by atoms with Gasteiger partial charge in [-0.25, -0.2) is 0 Å². The minimum atomic E-state index is 0.778. The third-order valence-electron chi connectivity index (χ3n) is 3.80. The Morgan fingerprint density at radius 2 is 2.06 bits per heavy atom. The van der Waals surface area contributed by atoms with Crippen LogP contribution in [0.15, 0.2) is 12.7 Å². The standard InChI is InChI=1S/C14H26N2/c1-2-3-4-5-6-10-15-13-9-11-16(12-13)14-7-8-14/h2,13-15H,1,3-12H2. The van der Waals surface area contributed by atoms with Gasteiger partial charge in [-0.2, -0.15) is 0 Å². The summed E-state index contributed by atoms with van der Waals surface area (Å²) >= 11 is 0. The van der Waals surface area contributed by atoms with Crippen molar-refractivity contribution < 1.29 is 0 Å². The van der Waals surface area contributed by atoms with E-state index >= 15 is 0 Å². The van der Waals surface area contributed by atoms with Gasteiger partial charge in [0.25, 0.3) is 0 Å². The van der Waals surface area contributed by atoms with Gasteiger partial charge >= 0.3 is 0 Å². The highest BCUT2D eigenvalue weighted by Crippen LogP contribution is 2.29. The van der Waals surface area contributed by atoms with Crippen LogP contribution in [-0.4, -0.2) is 36.6 Å². The average molecular weight is 222 g/mol. The molecule has 2 fully saturated rings. The summed E-state index contributed by atoms with van der Waals surface area (Å²) in [7, 11) is 0. The van der Waals surface area contributed by atoms with Crippen molar-refractivity contribution in [1.82, 2.24) is 10.2 Å². The summed E-state index contributed by atoms with van der Waals surface area (Å²) in [5, 5.41) is 3.70. The van der Waals surface area contributed by atoms with Gasteiger partial charge in [0.2, 0.25) is 0 Å². The number of likely N-dealkylation sites (tertiary alicyclic amines) is 1. The molecule has 1 atom stereocenters. The summed E-state index contributed by atoms with van der Waals surface area (Å²) in [6.07, 6.45) is 11.5. The topological polar surface area (TPSA) is 15.3 Å². The minimum Gasteiger partial charge on any atom is -0.313 e. The molecule has 1 saturated carbocycles. The molecule has 1 saturated heterocycles. The molecule has 1 aliphatic carbocycles.